The highest BCUT2D eigenvalue weighted by Crippen LogP contribution is 2.36. The molecule has 0 fully saturated rings. The number of aryl methyl sites for hydroxylation is 2. The molecule has 0 aliphatic carbocycles. The van der Waals surface area contributed by atoms with E-state index in [-0.39, 0.29) is 0 Å². The van der Waals surface area contributed by atoms with Crippen LogP contribution in [0.25, 0.3) is 28.1 Å². The topological polar surface area (TPSA) is 37.6 Å². The molecule has 0 bridgehead atoms. The predicted molar refractivity (Wildman–Crippen MR) is 146 cm³/mol. The molecule has 0 aliphatic rings. The van der Waals surface area contributed by atoms with E-state index in [2.05, 4.69) is 90.0 Å². The molecule has 0 atom stereocenters. The van der Waals surface area contributed by atoms with Gasteiger partial charge in [-0.05, 0) is 79.2 Å². The summed E-state index contributed by atoms with van der Waals surface area (Å²) in [5, 5.41) is 1.03. The summed E-state index contributed by atoms with van der Waals surface area (Å²) in [5.74, 6) is 0. The lowest BCUT2D eigenvalue weighted by atomic mass is 9.93. The Bertz CT molecular complexity index is 1450. The van der Waals surface area contributed by atoms with Gasteiger partial charge in [0.05, 0.1) is 22.6 Å². The number of nitrogens with zero attached hydrogens (tertiary/aromatic N) is 3. The average Bonchev–Trinajstić information content (AvgIpc) is 2.82. The summed E-state index contributed by atoms with van der Waals surface area (Å²) < 4.78 is 1.04. The minimum atomic E-state index is 0.754. The van der Waals surface area contributed by atoms with Gasteiger partial charge in [-0.1, -0.05) is 59.4 Å². The first-order valence-corrected chi connectivity index (χ1v) is 11.4. The Morgan fingerprint density at radius 2 is 1.76 bits per heavy atom. The molecular weight excluding hydrogens is 470 g/mol. The zero-order chi connectivity index (χ0) is 23.5. The van der Waals surface area contributed by atoms with Gasteiger partial charge in [0.15, 0.2) is 0 Å². The number of hydrogen-bond donors (Lipinski definition) is 0. The highest BCUT2D eigenvalue weighted by atomic mass is 79.9. The van der Waals surface area contributed by atoms with Gasteiger partial charge in [-0.2, -0.15) is 0 Å². The molecule has 1 aromatic heterocycles. The number of rotatable bonds is 6. The molecule has 1 heterocycles. The van der Waals surface area contributed by atoms with Crippen LogP contribution in [0.4, 0.5) is 11.4 Å². The second kappa shape index (κ2) is 9.47. The number of halogens is 1. The number of hydrogen-bond acceptors (Lipinski definition) is 3. The Labute approximate surface area is 203 Å². The Kier molecular flexibility index (Phi) is 6.47. The first-order valence-electron chi connectivity index (χ1n) is 10.6. The molecular formula is C29H24BrN3. The van der Waals surface area contributed by atoms with E-state index in [0.717, 1.165) is 65.8 Å². The van der Waals surface area contributed by atoms with E-state index in [1.54, 1.807) is 12.2 Å². The summed E-state index contributed by atoms with van der Waals surface area (Å²) in [5.41, 5.74) is 9.77. The van der Waals surface area contributed by atoms with Crippen molar-refractivity contribution in [3.63, 3.8) is 0 Å². The number of allylic oxidation sites excluding steroid dienone is 1. The first-order chi connectivity index (χ1) is 16.0. The molecule has 0 saturated heterocycles. The minimum Gasteiger partial charge on any atom is -0.262 e. The molecule has 3 nitrogen and oxygen atoms in total. The third kappa shape index (κ3) is 4.35. The van der Waals surface area contributed by atoms with Crippen molar-refractivity contribution in [1.29, 1.82) is 0 Å². The summed E-state index contributed by atoms with van der Waals surface area (Å²) in [7, 11) is 0. The summed E-state index contributed by atoms with van der Waals surface area (Å²) in [6.45, 7) is 15.8. The van der Waals surface area contributed by atoms with Crippen molar-refractivity contribution in [2.24, 2.45) is 9.98 Å². The van der Waals surface area contributed by atoms with E-state index in [0.29, 0.717) is 0 Å². The smallest absolute Gasteiger partial charge is 0.0970 e. The lowest BCUT2D eigenvalue weighted by molar-refractivity contribution is 1.37. The van der Waals surface area contributed by atoms with E-state index >= 15 is 0 Å². The maximum atomic E-state index is 4.86. The molecule has 0 radical (unpaired) electrons. The SMILES string of the molecule is C=CC(=Nc1ccc(Br)cc1C)c1ccc(-c2ccnc3c(N=C)c(C=C)ccc23)c(C)c1. The minimum absolute atomic E-state index is 0.754. The number of aliphatic imine (C=N–C) groups is 2. The van der Waals surface area contributed by atoms with Gasteiger partial charge in [-0.15, -0.1) is 0 Å². The van der Waals surface area contributed by atoms with Gasteiger partial charge in [-0.3, -0.25) is 9.98 Å². The van der Waals surface area contributed by atoms with E-state index in [9.17, 15) is 0 Å². The van der Waals surface area contributed by atoms with Crippen molar-refractivity contribution in [3.05, 3.63) is 107 Å². The zero-order valence-electron chi connectivity index (χ0n) is 18.8. The molecule has 33 heavy (non-hydrogen) atoms. The lowest BCUT2D eigenvalue weighted by Gasteiger charge is -2.13. The molecule has 162 valence electrons. The quantitative estimate of drug-likeness (QED) is 0.248. The van der Waals surface area contributed by atoms with Gasteiger partial charge in [0.25, 0.3) is 0 Å². The van der Waals surface area contributed by atoms with Crippen LogP contribution in [0.5, 0.6) is 0 Å². The fourth-order valence-corrected chi connectivity index (χ4v) is 4.49. The highest BCUT2D eigenvalue weighted by molar-refractivity contribution is 9.10. The van der Waals surface area contributed by atoms with Crippen LogP contribution in [0.1, 0.15) is 22.3 Å². The zero-order valence-corrected chi connectivity index (χ0v) is 20.4. The summed E-state index contributed by atoms with van der Waals surface area (Å²) in [6, 6.07) is 18.6. The van der Waals surface area contributed by atoms with Crippen LogP contribution in [-0.4, -0.2) is 17.4 Å². The van der Waals surface area contributed by atoms with Gasteiger partial charge < -0.3 is 0 Å². The van der Waals surface area contributed by atoms with Gasteiger partial charge in [0.1, 0.15) is 0 Å². The monoisotopic (exact) mass is 493 g/mol. The molecule has 3 aromatic carbocycles. The third-order valence-electron chi connectivity index (χ3n) is 5.70. The Morgan fingerprint density at radius 1 is 0.939 bits per heavy atom. The van der Waals surface area contributed by atoms with Gasteiger partial charge in [-0.25, -0.2) is 4.99 Å². The van der Waals surface area contributed by atoms with Crippen molar-refractivity contribution in [1.82, 2.24) is 4.98 Å². The van der Waals surface area contributed by atoms with Crippen LogP contribution in [0.3, 0.4) is 0 Å². The third-order valence-corrected chi connectivity index (χ3v) is 6.19. The molecule has 0 amide bonds. The molecule has 0 N–H and O–H groups in total. The van der Waals surface area contributed by atoms with E-state index in [4.69, 9.17) is 4.99 Å². The number of benzene rings is 3. The largest absolute Gasteiger partial charge is 0.262 e. The molecule has 0 aliphatic heterocycles. The average molecular weight is 494 g/mol. The lowest BCUT2D eigenvalue weighted by Crippen LogP contribution is -1.98. The van der Waals surface area contributed by atoms with Crippen LogP contribution in [0.2, 0.25) is 0 Å². The summed E-state index contributed by atoms with van der Waals surface area (Å²) in [6.07, 6.45) is 5.40. The second-order valence-corrected chi connectivity index (χ2v) is 8.70. The fourth-order valence-electron chi connectivity index (χ4n) is 4.01. The van der Waals surface area contributed by atoms with Crippen molar-refractivity contribution in [2.45, 2.75) is 13.8 Å². The number of aromatic nitrogens is 1. The van der Waals surface area contributed by atoms with Crippen molar-refractivity contribution >= 4 is 56.7 Å². The molecule has 4 rings (SSSR count). The molecule has 0 spiro atoms. The Morgan fingerprint density at radius 3 is 2.42 bits per heavy atom. The summed E-state index contributed by atoms with van der Waals surface area (Å²) in [4.78, 5) is 13.7. The molecule has 0 saturated carbocycles. The van der Waals surface area contributed by atoms with Crippen LogP contribution in [0, 0.1) is 13.8 Å². The number of pyridine rings is 1. The first kappa shape index (κ1) is 22.6. The second-order valence-electron chi connectivity index (χ2n) is 7.78. The summed E-state index contributed by atoms with van der Waals surface area (Å²) >= 11 is 3.51. The van der Waals surface area contributed by atoms with Crippen molar-refractivity contribution in [2.75, 3.05) is 0 Å². The van der Waals surface area contributed by atoms with Gasteiger partial charge in [0.2, 0.25) is 0 Å². The van der Waals surface area contributed by atoms with Gasteiger partial charge >= 0.3 is 0 Å². The Balaban J connectivity index is 1.82. The van der Waals surface area contributed by atoms with Crippen LogP contribution >= 0.6 is 15.9 Å². The van der Waals surface area contributed by atoms with Gasteiger partial charge in [0, 0.05) is 27.2 Å². The maximum absolute atomic E-state index is 4.86. The van der Waals surface area contributed by atoms with Crippen LogP contribution < -0.4 is 0 Å². The maximum Gasteiger partial charge on any atom is 0.0970 e. The molecule has 4 aromatic rings. The van der Waals surface area contributed by atoms with Crippen LogP contribution in [-0.2, 0) is 0 Å². The normalized spacial score (nSPS) is 11.4. The highest BCUT2D eigenvalue weighted by Gasteiger charge is 2.13. The van der Waals surface area contributed by atoms with Crippen molar-refractivity contribution in [3.8, 4) is 11.1 Å². The van der Waals surface area contributed by atoms with Crippen LogP contribution in [0.15, 0.2) is 94.5 Å². The fraction of sp³-hybridized carbons (Fsp3) is 0.0690. The molecule has 4 heteroatoms. The van der Waals surface area contributed by atoms with Crippen molar-refractivity contribution < 1.29 is 0 Å². The standard InChI is InChI=1S/C29H24BrN3/c1-6-20-8-12-25-24(14-15-32-29(25)28(20)31-5)23-11-9-21(16-18(23)3)26(7-2)33-27-13-10-22(30)17-19(27)4/h6-17H,1-2,5H2,3-4H3. The predicted octanol–water partition coefficient (Wildman–Crippen LogP) is 8.56. The molecule has 0 unspecified atom stereocenters. The van der Waals surface area contributed by atoms with E-state index in [1.165, 1.54) is 0 Å². The Hall–Kier alpha value is -3.63. The van der Waals surface area contributed by atoms with E-state index in [1.807, 2.05) is 30.5 Å². The van der Waals surface area contributed by atoms with E-state index < -0.39 is 0 Å². The number of fused-ring (bicyclic) bond motifs is 1.